The van der Waals surface area contributed by atoms with Crippen LogP contribution in [0.4, 0.5) is 9.18 Å². The third-order valence-electron chi connectivity index (χ3n) is 3.87. The van der Waals surface area contributed by atoms with E-state index in [1.807, 2.05) is 37.3 Å². The molecule has 0 spiro atoms. The third-order valence-corrected chi connectivity index (χ3v) is 3.87. The first-order valence-corrected chi connectivity index (χ1v) is 8.50. The van der Waals surface area contributed by atoms with Gasteiger partial charge in [-0.2, -0.15) is 0 Å². The molecule has 0 aromatic heterocycles. The number of likely N-dealkylation sites (N-methyl/N-ethyl adjacent to an activating group) is 1. The largest absolute Gasteiger partial charge is 0.445 e. The van der Waals surface area contributed by atoms with Crippen molar-refractivity contribution in [2.24, 2.45) is 0 Å². The highest BCUT2D eigenvalue weighted by Crippen LogP contribution is 2.09. The minimum Gasteiger partial charge on any atom is -0.445 e. The number of amides is 2. The fourth-order valence-electron chi connectivity index (χ4n) is 2.48. The topological polar surface area (TPSA) is 58.6 Å². The second-order valence-electron chi connectivity index (χ2n) is 5.91. The Morgan fingerprint density at radius 3 is 2.46 bits per heavy atom. The number of rotatable bonds is 7. The molecule has 0 saturated carbocycles. The van der Waals surface area contributed by atoms with Crippen molar-refractivity contribution in [2.45, 2.75) is 33.0 Å². The Bertz CT molecular complexity index is 737. The molecular formula is C20H23FN2O3. The van der Waals surface area contributed by atoms with Gasteiger partial charge in [0.25, 0.3) is 0 Å². The van der Waals surface area contributed by atoms with Crippen LogP contribution in [0.2, 0.25) is 0 Å². The van der Waals surface area contributed by atoms with Gasteiger partial charge in [0.05, 0.1) is 0 Å². The van der Waals surface area contributed by atoms with Gasteiger partial charge in [0.2, 0.25) is 5.91 Å². The Hall–Kier alpha value is -2.89. The number of nitrogens with zero attached hydrogens (tertiary/aromatic N) is 1. The lowest BCUT2D eigenvalue weighted by Crippen LogP contribution is -2.46. The molecule has 2 rings (SSSR count). The smallest absolute Gasteiger partial charge is 0.408 e. The zero-order valence-electron chi connectivity index (χ0n) is 14.9. The van der Waals surface area contributed by atoms with Crippen molar-refractivity contribution in [3.63, 3.8) is 0 Å². The van der Waals surface area contributed by atoms with Crippen LogP contribution in [0.3, 0.4) is 0 Å². The number of carbonyl (C=O) groups is 2. The van der Waals surface area contributed by atoms with E-state index in [4.69, 9.17) is 4.74 Å². The van der Waals surface area contributed by atoms with Gasteiger partial charge in [-0.15, -0.1) is 0 Å². The Kier molecular flexibility index (Phi) is 7.14. The molecule has 0 saturated heterocycles. The quantitative estimate of drug-likeness (QED) is 0.824. The van der Waals surface area contributed by atoms with E-state index in [1.54, 1.807) is 24.0 Å². The predicted octanol–water partition coefficient (Wildman–Crippen LogP) is 3.49. The summed E-state index contributed by atoms with van der Waals surface area (Å²) < 4.78 is 18.4. The number of ether oxygens (including phenoxy) is 1. The molecule has 0 aliphatic heterocycles. The maximum absolute atomic E-state index is 13.3. The van der Waals surface area contributed by atoms with Crippen molar-refractivity contribution in [1.29, 1.82) is 0 Å². The van der Waals surface area contributed by atoms with E-state index in [1.165, 1.54) is 12.1 Å². The van der Waals surface area contributed by atoms with Crippen molar-refractivity contribution in [3.8, 4) is 0 Å². The molecule has 0 unspecified atom stereocenters. The van der Waals surface area contributed by atoms with E-state index in [2.05, 4.69) is 5.32 Å². The lowest BCUT2D eigenvalue weighted by Gasteiger charge is -2.25. The van der Waals surface area contributed by atoms with Crippen LogP contribution in [-0.4, -0.2) is 29.5 Å². The van der Waals surface area contributed by atoms with Gasteiger partial charge in [-0.1, -0.05) is 42.5 Å². The van der Waals surface area contributed by atoms with Crippen LogP contribution in [0.15, 0.2) is 54.6 Å². The number of carbonyl (C=O) groups excluding carboxylic acids is 2. The summed E-state index contributed by atoms with van der Waals surface area (Å²) in [6, 6.07) is 14.6. The second kappa shape index (κ2) is 9.56. The van der Waals surface area contributed by atoms with Gasteiger partial charge < -0.3 is 15.0 Å². The summed E-state index contributed by atoms with van der Waals surface area (Å²) in [4.78, 5) is 26.0. The van der Waals surface area contributed by atoms with Crippen molar-refractivity contribution in [2.75, 3.05) is 6.54 Å². The highest BCUT2D eigenvalue weighted by molar-refractivity contribution is 5.85. The molecule has 0 heterocycles. The molecular weight excluding hydrogens is 335 g/mol. The summed E-state index contributed by atoms with van der Waals surface area (Å²) in [5.74, 6) is -0.602. The molecule has 0 aliphatic carbocycles. The summed E-state index contributed by atoms with van der Waals surface area (Å²) in [6.07, 6.45) is -0.656. The summed E-state index contributed by atoms with van der Waals surface area (Å²) in [5.41, 5.74) is 1.56. The van der Waals surface area contributed by atoms with Crippen molar-refractivity contribution in [3.05, 3.63) is 71.5 Å². The number of alkyl carbamates (subject to hydrolysis) is 1. The van der Waals surface area contributed by atoms with E-state index in [0.717, 1.165) is 5.56 Å². The number of halogens is 1. The van der Waals surface area contributed by atoms with E-state index in [-0.39, 0.29) is 24.9 Å². The van der Waals surface area contributed by atoms with E-state index in [0.29, 0.717) is 12.1 Å². The molecule has 0 bridgehead atoms. The molecule has 6 heteroatoms. The van der Waals surface area contributed by atoms with Gasteiger partial charge in [-0.05, 0) is 37.1 Å². The molecule has 1 atom stereocenters. The monoisotopic (exact) mass is 358 g/mol. The van der Waals surface area contributed by atoms with Gasteiger partial charge in [0.1, 0.15) is 18.5 Å². The zero-order valence-corrected chi connectivity index (χ0v) is 14.9. The normalized spacial score (nSPS) is 11.5. The summed E-state index contributed by atoms with van der Waals surface area (Å²) >= 11 is 0. The molecule has 0 fully saturated rings. The number of nitrogens with one attached hydrogen (secondary N) is 1. The molecule has 5 nitrogen and oxygen atoms in total. The Morgan fingerprint density at radius 1 is 1.12 bits per heavy atom. The number of benzene rings is 2. The Labute approximate surface area is 152 Å². The molecule has 138 valence electrons. The highest BCUT2D eigenvalue weighted by Gasteiger charge is 2.22. The standard InChI is InChI=1S/C20H23FN2O3/c1-3-23(13-17-10-7-11-18(21)12-17)19(24)15(2)22-20(25)26-14-16-8-5-4-6-9-16/h4-12,15H,3,13-14H2,1-2H3,(H,22,25)/t15-/m0/s1. The lowest BCUT2D eigenvalue weighted by molar-refractivity contribution is -0.133. The molecule has 0 radical (unpaired) electrons. The van der Waals surface area contributed by atoms with Crippen molar-refractivity contribution >= 4 is 12.0 Å². The molecule has 2 aromatic rings. The van der Waals surface area contributed by atoms with Crippen molar-refractivity contribution < 1.29 is 18.7 Å². The first kappa shape index (κ1) is 19.4. The van der Waals surface area contributed by atoms with E-state index in [9.17, 15) is 14.0 Å². The molecule has 1 N–H and O–H groups in total. The van der Waals surface area contributed by atoms with E-state index >= 15 is 0 Å². The lowest BCUT2D eigenvalue weighted by atomic mass is 10.2. The fourth-order valence-corrected chi connectivity index (χ4v) is 2.48. The second-order valence-corrected chi connectivity index (χ2v) is 5.91. The average molecular weight is 358 g/mol. The Morgan fingerprint density at radius 2 is 1.81 bits per heavy atom. The number of hydrogen-bond donors (Lipinski definition) is 1. The van der Waals surface area contributed by atoms with E-state index < -0.39 is 12.1 Å². The fraction of sp³-hybridized carbons (Fsp3) is 0.300. The van der Waals surface area contributed by atoms with Crippen LogP contribution in [0, 0.1) is 5.82 Å². The number of hydrogen-bond acceptors (Lipinski definition) is 3. The van der Waals surface area contributed by atoms with Crippen LogP contribution >= 0.6 is 0 Å². The summed E-state index contributed by atoms with van der Waals surface area (Å²) in [7, 11) is 0. The van der Waals surface area contributed by atoms with Gasteiger partial charge in [0.15, 0.2) is 0 Å². The maximum atomic E-state index is 13.3. The van der Waals surface area contributed by atoms with Crippen LogP contribution in [-0.2, 0) is 22.7 Å². The van der Waals surface area contributed by atoms with Crippen LogP contribution in [0.25, 0.3) is 0 Å². The van der Waals surface area contributed by atoms with Crippen LogP contribution in [0.5, 0.6) is 0 Å². The van der Waals surface area contributed by atoms with Gasteiger partial charge >= 0.3 is 6.09 Å². The van der Waals surface area contributed by atoms with Gasteiger partial charge in [-0.3, -0.25) is 4.79 Å². The van der Waals surface area contributed by atoms with Crippen LogP contribution < -0.4 is 5.32 Å². The van der Waals surface area contributed by atoms with Gasteiger partial charge in [0, 0.05) is 13.1 Å². The summed E-state index contributed by atoms with van der Waals surface area (Å²) in [5, 5.41) is 2.54. The van der Waals surface area contributed by atoms with Crippen molar-refractivity contribution in [1.82, 2.24) is 10.2 Å². The molecule has 2 amide bonds. The first-order valence-electron chi connectivity index (χ1n) is 8.50. The predicted molar refractivity (Wildman–Crippen MR) is 96.7 cm³/mol. The Balaban J connectivity index is 1.86. The molecule has 0 aliphatic rings. The average Bonchev–Trinajstić information content (AvgIpc) is 2.64. The minimum atomic E-state index is -0.744. The summed E-state index contributed by atoms with van der Waals surface area (Å²) in [6.45, 7) is 4.28. The zero-order chi connectivity index (χ0) is 18.9. The van der Waals surface area contributed by atoms with Gasteiger partial charge in [-0.25, -0.2) is 9.18 Å². The molecule has 2 aromatic carbocycles. The molecule has 26 heavy (non-hydrogen) atoms. The minimum absolute atomic E-state index is 0.133. The third kappa shape index (κ3) is 5.88. The maximum Gasteiger partial charge on any atom is 0.408 e. The highest BCUT2D eigenvalue weighted by atomic mass is 19.1. The van der Waals surface area contributed by atoms with Crippen LogP contribution in [0.1, 0.15) is 25.0 Å². The first-order chi connectivity index (χ1) is 12.5. The SMILES string of the molecule is CCN(Cc1cccc(F)c1)C(=O)[C@H](C)NC(=O)OCc1ccccc1.